The van der Waals surface area contributed by atoms with Crippen molar-refractivity contribution in [2.24, 2.45) is 0 Å². The number of pyridine rings is 1. The summed E-state index contributed by atoms with van der Waals surface area (Å²) in [6.45, 7) is 2.53. The largest absolute Gasteiger partial charge is 0.487 e. The van der Waals surface area contributed by atoms with Gasteiger partial charge < -0.3 is 4.74 Å². The summed E-state index contributed by atoms with van der Waals surface area (Å²) in [6, 6.07) is 11.8. The van der Waals surface area contributed by atoms with E-state index < -0.39 is 0 Å². The monoisotopic (exact) mass is 277 g/mol. The van der Waals surface area contributed by atoms with Crippen molar-refractivity contribution in [3.63, 3.8) is 0 Å². The molecule has 0 atom stereocenters. The highest BCUT2D eigenvalue weighted by atomic mass is 79.9. The topological polar surface area (TPSA) is 22.1 Å². The van der Waals surface area contributed by atoms with Crippen LogP contribution in [0, 0.1) is 6.92 Å². The third kappa shape index (κ3) is 2.83. The van der Waals surface area contributed by atoms with Crippen molar-refractivity contribution in [2.75, 3.05) is 0 Å². The van der Waals surface area contributed by atoms with E-state index in [1.54, 1.807) is 6.20 Å². The van der Waals surface area contributed by atoms with Crippen LogP contribution in [0.2, 0.25) is 0 Å². The lowest BCUT2D eigenvalue weighted by Crippen LogP contribution is -1.98. The molecule has 2 nitrogen and oxygen atoms in total. The van der Waals surface area contributed by atoms with Gasteiger partial charge in [-0.15, -0.1) is 0 Å². The maximum Gasteiger partial charge on any atom is 0.130 e. The summed E-state index contributed by atoms with van der Waals surface area (Å²) in [7, 11) is 0. The van der Waals surface area contributed by atoms with Crippen LogP contribution in [0.3, 0.4) is 0 Å². The average molecular weight is 278 g/mol. The standard InChI is InChI=1S/C13H12BrNO/c1-10-5-6-11(14)8-13(10)16-9-12-4-2-3-7-15-12/h2-8H,9H2,1H3. The molecule has 0 radical (unpaired) electrons. The van der Waals surface area contributed by atoms with E-state index in [1.165, 1.54) is 0 Å². The maximum absolute atomic E-state index is 5.71. The molecule has 1 heterocycles. The zero-order valence-corrected chi connectivity index (χ0v) is 10.6. The Balaban J connectivity index is 2.08. The Morgan fingerprint density at radius 3 is 2.88 bits per heavy atom. The van der Waals surface area contributed by atoms with E-state index in [1.807, 2.05) is 43.3 Å². The van der Waals surface area contributed by atoms with Gasteiger partial charge in [-0.3, -0.25) is 4.98 Å². The van der Waals surface area contributed by atoms with Gasteiger partial charge in [-0.25, -0.2) is 0 Å². The average Bonchev–Trinajstić information content (AvgIpc) is 2.32. The Morgan fingerprint density at radius 2 is 2.12 bits per heavy atom. The quantitative estimate of drug-likeness (QED) is 0.853. The molecule has 0 saturated carbocycles. The van der Waals surface area contributed by atoms with Crippen molar-refractivity contribution >= 4 is 15.9 Å². The second kappa shape index (κ2) is 5.12. The van der Waals surface area contributed by atoms with Crippen LogP contribution in [-0.4, -0.2) is 4.98 Å². The number of aromatic nitrogens is 1. The lowest BCUT2D eigenvalue weighted by Gasteiger charge is -2.08. The lowest BCUT2D eigenvalue weighted by molar-refractivity contribution is 0.299. The van der Waals surface area contributed by atoms with Crippen molar-refractivity contribution in [1.29, 1.82) is 0 Å². The minimum absolute atomic E-state index is 0.498. The van der Waals surface area contributed by atoms with E-state index in [4.69, 9.17) is 4.74 Å². The molecule has 0 aliphatic carbocycles. The first-order chi connectivity index (χ1) is 7.75. The number of hydrogen-bond acceptors (Lipinski definition) is 2. The van der Waals surface area contributed by atoms with Crippen LogP contribution in [0.4, 0.5) is 0 Å². The predicted octanol–water partition coefficient (Wildman–Crippen LogP) is 3.73. The smallest absolute Gasteiger partial charge is 0.130 e. The Hall–Kier alpha value is -1.35. The fraction of sp³-hybridized carbons (Fsp3) is 0.154. The highest BCUT2D eigenvalue weighted by Crippen LogP contribution is 2.23. The van der Waals surface area contributed by atoms with Crippen molar-refractivity contribution < 1.29 is 4.74 Å². The highest BCUT2D eigenvalue weighted by Gasteiger charge is 2.01. The summed E-state index contributed by atoms with van der Waals surface area (Å²) in [5.74, 6) is 0.889. The van der Waals surface area contributed by atoms with Gasteiger partial charge in [0.05, 0.1) is 5.69 Å². The molecule has 0 bridgehead atoms. The molecule has 0 N–H and O–H groups in total. The first kappa shape index (κ1) is 11.1. The van der Waals surface area contributed by atoms with Gasteiger partial charge in [0, 0.05) is 10.7 Å². The lowest BCUT2D eigenvalue weighted by atomic mass is 10.2. The fourth-order valence-electron chi connectivity index (χ4n) is 1.36. The predicted molar refractivity (Wildman–Crippen MR) is 67.4 cm³/mol. The van der Waals surface area contributed by atoms with Crippen LogP contribution in [0.15, 0.2) is 47.1 Å². The van der Waals surface area contributed by atoms with Crippen LogP contribution < -0.4 is 4.74 Å². The molecule has 16 heavy (non-hydrogen) atoms. The summed E-state index contributed by atoms with van der Waals surface area (Å²) >= 11 is 3.43. The van der Waals surface area contributed by atoms with Gasteiger partial charge in [0.1, 0.15) is 12.4 Å². The van der Waals surface area contributed by atoms with Crippen molar-refractivity contribution in [3.05, 3.63) is 58.3 Å². The number of benzene rings is 1. The van der Waals surface area contributed by atoms with Gasteiger partial charge in [-0.2, -0.15) is 0 Å². The highest BCUT2D eigenvalue weighted by molar-refractivity contribution is 9.10. The number of hydrogen-bond donors (Lipinski definition) is 0. The first-order valence-electron chi connectivity index (χ1n) is 5.04. The number of halogens is 1. The number of ether oxygens (including phenoxy) is 1. The minimum atomic E-state index is 0.498. The van der Waals surface area contributed by atoms with Gasteiger partial charge in [-0.05, 0) is 36.8 Å². The molecule has 0 saturated heterocycles. The first-order valence-corrected chi connectivity index (χ1v) is 5.84. The molecule has 0 fully saturated rings. The van der Waals surface area contributed by atoms with E-state index in [9.17, 15) is 0 Å². The molecular formula is C13H12BrNO. The van der Waals surface area contributed by atoms with Gasteiger partial charge in [0.2, 0.25) is 0 Å². The van der Waals surface area contributed by atoms with Crippen LogP contribution in [0.1, 0.15) is 11.3 Å². The summed E-state index contributed by atoms with van der Waals surface area (Å²) in [5, 5.41) is 0. The van der Waals surface area contributed by atoms with E-state index in [0.29, 0.717) is 6.61 Å². The Kier molecular flexibility index (Phi) is 3.57. The van der Waals surface area contributed by atoms with Gasteiger partial charge >= 0.3 is 0 Å². The summed E-state index contributed by atoms with van der Waals surface area (Å²) < 4.78 is 6.73. The maximum atomic E-state index is 5.71. The Bertz CT molecular complexity index is 471. The van der Waals surface area contributed by atoms with E-state index in [-0.39, 0.29) is 0 Å². The molecule has 0 amide bonds. The van der Waals surface area contributed by atoms with Crippen molar-refractivity contribution in [2.45, 2.75) is 13.5 Å². The van der Waals surface area contributed by atoms with Crippen molar-refractivity contribution in [3.8, 4) is 5.75 Å². The van der Waals surface area contributed by atoms with E-state index >= 15 is 0 Å². The number of aryl methyl sites for hydroxylation is 1. The summed E-state index contributed by atoms with van der Waals surface area (Å²) in [4.78, 5) is 4.21. The Morgan fingerprint density at radius 1 is 1.25 bits per heavy atom. The van der Waals surface area contributed by atoms with E-state index in [0.717, 1.165) is 21.5 Å². The molecule has 0 aliphatic rings. The molecule has 2 aromatic rings. The second-order valence-electron chi connectivity index (χ2n) is 3.52. The molecule has 1 aromatic heterocycles. The summed E-state index contributed by atoms with van der Waals surface area (Å²) in [6.07, 6.45) is 1.77. The number of nitrogens with zero attached hydrogens (tertiary/aromatic N) is 1. The third-order valence-corrected chi connectivity index (χ3v) is 2.75. The normalized spacial score (nSPS) is 10.1. The van der Waals surface area contributed by atoms with E-state index in [2.05, 4.69) is 20.9 Å². The van der Waals surface area contributed by atoms with Gasteiger partial charge in [0.25, 0.3) is 0 Å². The van der Waals surface area contributed by atoms with Gasteiger partial charge in [-0.1, -0.05) is 28.1 Å². The molecule has 82 valence electrons. The fourth-order valence-corrected chi connectivity index (χ4v) is 1.70. The van der Waals surface area contributed by atoms with Crippen LogP contribution >= 0.6 is 15.9 Å². The number of rotatable bonds is 3. The van der Waals surface area contributed by atoms with Crippen molar-refractivity contribution in [1.82, 2.24) is 4.98 Å². The van der Waals surface area contributed by atoms with Crippen LogP contribution in [0.5, 0.6) is 5.75 Å². The van der Waals surface area contributed by atoms with Crippen LogP contribution in [-0.2, 0) is 6.61 Å². The zero-order valence-electron chi connectivity index (χ0n) is 8.98. The molecular weight excluding hydrogens is 266 g/mol. The second-order valence-corrected chi connectivity index (χ2v) is 4.44. The molecule has 3 heteroatoms. The molecule has 1 aromatic carbocycles. The molecule has 0 spiro atoms. The molecule has 2 rings (SSSR count). The zero-order chi connectivity index (χ0) is 11.4. The minimum Gasteiger partial charge on any atom is -0.487 e. The molecule has 0 unspecified atom stereocenters. The SMILES string of the molecule is Cc1ccc(Br)cc1OCc1ccccn1. The molecule has 0 aliphatic heterocycles. The Labute approximate surface area is 103 Å². The summed E-state index contributed by atoms with van der Waals surface area (Å²) in [5.41, 5.74) is 2.06. The van der Waals surface area contributed by atoms with Crippen LogP contribution in [0.25, 0.3) is 0 Å². The third-order valence-electron chi connectivity index (χ3n) is 2.25. The van der Waals surface area contributed by atoms with Gasteiger partial charge in [0.15, 0.2) is 0 Å².